The molecule has 0 bridgehead atoms. The van der Waals surface area contributed by atoms with Gasteiger partial charge in [0.1, 0.15) is 17.5 Å². The van der Waals surface area contributed by atoms with Crippen LogP contribution in [0.15, 0.2) is 0 Å². The summed E-state index contributed by atoms with van der Waals surface area (Å²) in [4.78, 5) is 11.9. The van der Waals surface area contributed by atoms with Crippen molar-refractivity contribution in [3.63, 3.8) is 0 Å². The average molecular weight is 290 g/mol. The molecule has 1 N–H and O–H groups in total. The van der Waals surface area contributed by atoms with Gasteiger partial charge >= 0.3 is 0 Å². The summed E-state index contributed by atoms with van der Waals surface area (Å²) in [6, 6.07) is 0. The monoisotopic (exact) mass is 290 g/mol. The molecule has 0 aliphatic carbocycles. The molecule has 0 amide bonds. The molecule has 1 aromatic rings. The standard InChI is InChI=1S/C17H30N4/c1-7-14-19-15(18-8-2)12(3)16(20-14)21-10-9-13(11-21)17(4,5)6/h13H,7-11H2,1-6H3,(H,18,19,20). The van der Waals surface area contributed by atoms with Crippen molar-refractivity contribution in [2.75, 3.05) is 29.9 Å². The molecule has 1 unspecified atom stereocenters. The van der Waals surface area contributed by atoms with Crippen LogP contribution < -0.4 is 10.2 Å². The van der Waals surface area contributed by atoms with E-state index in [1.54, 1.807) is 0 Å². The maximum absolute atomic E-state index is 4.81. The molecule has 1 saturated heterocycles. The number of nitrogens with zero attached hydrogens (tertiary/aromatic N) is 3. The largest absolute Gasteiger partial charge is 0.370 e. The first kappa shape index (κ1) is 16.1. The van der Waals surface area contributed by atoms with Crippen molar-refractivity contribution in [3.8, 4) is 0 Å². The van der Waals surface area contributed by atoms with Crippen LogP contribution in [-0.4, -0.2) is 29.6 Å². The zero-order valence-corrected chi connectivity index (χ0v) is 14.5. The second-order valence-electron chi connectivity index (χ2n) is 7.12. The Morgan fingerprint density at radius 3 is 2.48 bits per heavy atom. The van der Waals surface area contributed by atoms with Crippen LogP contribution in [0.2, 0.25) is 0 Å². The van der Waals surface area contributed by atoms with E-state index in [-0.39, 0.29) is 0 Å². The molecule has 1 fully saturated rings. The van der Waals surface area contributed by atoms with Gasteiger partial charge in [0.25, 0.3) is 0 Å². The van der Waals surface area contributed by atoms with Gasteiger partial charge in [0.05, 0.1) is 0 Å². The first-order chi connectivity index (χ1) is 9.86. The quantitative estimate of drug-likeness (QED) is 0.919. The number of rotatable bonds is 4. The maximum atomic E-state index is 4.81. The summed E-state index contributed by atoms with van der Waals surface area (Å²) >= 11 is 0. The minimum Gasteiger partial charge on any atom is -0.370 e. The topological polar surface area (TPSA) is 41.1 Å². The van der Waals surface area contributed by atoms with E-state index < -0.39 is 0 Å². The molecule has 2 rings (SSSR count). The lowest BCUT2D eigenvalue weighted by molar-refractivity contribution is 0.263. The third kappa shape index (κ3) is 3.47. The van der Waals surface area contributed by atoms with Crippen molar-refractivity contribution in [2.24, 2.45) is 11.3 Å². The van der Waals surface area contributed by atoms with E-state index in [1.165, 1.54) is 12.0 Å². The lowest BCUT2D eigenvalue weighted by atomic mass is 9.80. The van der Waals surface area contributed by atoms with Crippen molar-refractivity contribution in [1.82, 2.24) is 9.97 Å². The first-order valence-corrected chi connectivity index (χ1v) is 8.23. The smallest absolute Gasteiger partial charge is 0.137 e. The van der Waals surface area contributed by atoms with Crippen molar-refractivity contribution < 1.29 is 0 Å². The molecule has 118 valence electrons. The molecular formula is C17H30N4. The van der Waals surface area contributed by atoms with Crippen molar-refractivity contribution in [3.05, 3.63) is 11.4 Å². The fourth-order valence-electron chi connectivity index (χ4n) is 3.01. The third-order valence-corrected chi connectivity index (χ3v) is 4.54. The summed E-state index contributed by atoms with van der Waals surface area (Å²) in [5, 5.41) is 3.38. The average Bonchev–Trinajstić information content (AvgIpc) is 2.91. The molecule has 0 spiro atoms. The highest BCUT2D eigenvalue weighted by Gasteiger charge is 2.33. The molecule has 4 nitrogen and oxygen atoms in total. The summed E-state index contributed by atoms with van der Waals surface area (Å²) < 4.78 is 0. The Labute approximate surface area is 129 Å². The molecule has 0 aromatic carbocycles. The molecule has 1 aliphatic heterocycles. The van der Waals surface area contributed by atoms with Gasteiger partial charge in [0.15, 0.2) is 0 Å². The second-order valence-corrected chi connectivity index (χ2v) is 7.12. The molecule has 4 heteroatoms. The molecule has 1 aliphatic rings. The highest BCUT2D eigenvalue weighted by Crippen LogP contribution is 2.36. The van der Waals surface area contributed by atoms with E-state index in [2.05, 4.69) is 56.7 Å². The van der Waals surface area contributed by atoms with Crippen LogP contribution >= 0.6 is 0 Å². The van der Waals surface area contributed by atoms with Gasteiger partial charge < -0.3 is 10.2 Å². The summed E-state index contributed by atoms with van der Waals surface area (Å²) in [6.07, 6.45) is 2.13. The van der Waals surface area contributed by atoms with E-state index in [9.17, 15) is 0 Å². The minimum absolute atomic E-state index is 0.369. The van der Waals surface area contributed by atoms with Crippen LogP contribution in [0.1, 0.15) is 52.4 Å². The molecule has 1 atom stereocenters. The van der Waals surface area contributed by atoms with Crippen molar-refractivity contribution >= 4 is 11.6 Å². The summed E-state index contributed by atoms with van der Waals surface area (Å²) in [7, 11) is 0. The molecule has 2 heterocycles. The van der Waals surface area contributed by atoms with E-state index in [4.69, 9.17) is 4.98 Å². The third-order valence-electron chi connectivity index (χ3n) is 4.54. The van der Waals surface area contributed by atoms with Crippen LogP contribution in [0.25, 0.3) is 0 Å². The molecule has 21 heavy (non-hydrogen) atoms. The zero-order valence-electron chi connectivity index (χ0n) is 14.5. The van der Waals surface area contributed by atoms with Gasteiger partial charge in [-0.15, -0.1) is 0 Å². The van der Waals surface area contributed by atoms with Crippen molar-refractivity contribution in [1.29, 1.82) is 0 Å². The van der Waals surface area contributed by atoms with Gasteiger partial charge in [0.2, 0.25) is 0 Å². The Balaban J connectivity index is 2.29. The van der Waals surface area contributed by atoms with E-state index >= 15 is 0 Å². The zero-order chi connectivity index (χ0) is 15.6. The van der Waals surface area contributed by atoms with Crippen LogP contribution in [0.5, 0.6) is 0 Å². The minimum atomic E-state index is 0.369. The Kier molecular flexibility index (Phi) is 4.74. The van der Waals surface area contributed by atoms with E-state index in [0.717, 1.165) is 49.4 Å². The second kappa shape index (κ2) is 6.20. The molecule has 1 aromatic heterocycles. The first-order valence-electron chi connectivity index (χ1n) is 8.23. The number of nitrogens with one attached hydrogen (secondary N) is 1. The Hall–Kier alpha value is -1.32. The highest BCUT2D eigenvalue weighted by molar-refractivity contribution is 5.59. The summed E-state index contributed by atoms with van der Waals surface area (Å²) in [5.41, 5.74) is 1.55. The predicted octanol–water partition coefficient (Wildman–Crippen LogP) is 3.65. The fraction of sp³-hybridized carbons (Fsp3) is 0.765. The highest BCUT2D eigenvalue weighted by atomic mass is 15.2. The van der Waals surface area contributed by atoms with Gasteiger partial charge in [-0.2, -0.15) is 0 Å². The van der Waals surface area contributed by atoms with E-state index in [0.29, 0.717) is 5.41 Å². The van der Waals surface area contributed by atoms with Crippen LogP contribution in [-0.2, 0) is 6.42 Å². The van der Waals surface area contributed by atoms with Crippen LogP contribution in [0.4, 0.5) is 11.6 Å². The van der Waals surface area contributed by atoms with Crippen LogP contribution in [0, 0.1) is 18.3 Å². The Bertz CT molecular complexity index is 490. The summed E-state index contributed by atoms with van der Waals surface area (Å²) in [6.45, 7) is 16.5. The van der Waals surface area contributed by atoms with Gasteiger partial charge in [-0.05, 0) is 31.6 Å². The van der Waals surface area contributed by atoms with Gasteiger partial charge in [-0.1, -0.05) is 27.7 Å². The van der Waals surface area contributed by atoms with Crippen molar-refractivity contribution in [2.45, 2.75) is 54.4 Å². The molecular weight excluding hydrogens is 260 g/mol. The molecule has 0 saturated carbocycles. The number of aromatic nitrogens is 2. The Morgan fingerprint density at radius 1 is 1.24 bits per heavy atom. The fourth-order valence-corrected chi connectivity index (χ4v) is 3.01. The van der Waals surface area contributed by atoms with Crippen LogP contribution in [0.3, 0.4) is 0 Å². The van der Waals surface area contributed by atoms with Gasteiger partial charge in [0, 0.05) is 31.6 Å². The normalized spacial score (nSPS) is 19.1. The molecule has 0 radical (unpaired) electrons. The Morgan fingerprint density at radius 2 is 1.95 bits per heavy atom. The lowest BCUT2D eigenvalue weighted by Gasteiger charge is -2.28. The summed E-state index contributed by atoms with van der Waals surface area (Å²) in [5.74, 6) is 3.80. The van der Waals surface area contributed by atoms with Gasteiger partial charge in [-0.3, -0.25) is 0 Å². The van der Waals surface area contributed by atoms with E-state index in [1.807, 2.05) is 0 Å². The SMILES string of the molecule is CCNc1nc(CC)nc(N2CCC(C(C)(C)C)C2)c1C. The number of hydrogen-bond acceptors (Lipinski definition) is 4. The predicted molar refractivity (Wildman–Crippen MR) is 90.1 cm³/mol. The maximum Gasteiger partial charge on any atom is 0.137 e. The van der Waals surface area contributed by atoms with Gasteiger partial charge in [-0.25, -0.2) is 9.97 Å². The number of aryl methyl sites for hydroxylation is 1. The number of hydrogen-bond donors (Lipinski definition) is 1. The number of anilines is 2. The lowest BCUT2D eigenvalue weighted by Crippen LogP contribution is -2.27.